The Morgan fingerprint density at radius 2 is 2.06 bits per heavy atom. The van der Waals surface area contributed by atoms with E-state index in [9.17, 15) is 4.39 Å². The van der Waals surface area contributed by atoms with Crippen molar-refractivity contribution in [2.45, 2.75) is 0 Å². The van der Waals surface area contributed by atoms with Gasteiger partial charge in [0.25, 0.3) is 0 Å². The summed E-state index contributed by atoms with van der Waals surface area (Å²) in [6, 6.07) is 7.91. The van der Waals surface area contributed by atoms with Gasteiger partial charge in [-0.15, -0.1) is 0 Å². The van der Waals surface area contributed by atoms with Gasteiger partial charge in [-0.25, -0.2) is 4.39 Å². The third-order valence-electron chi connectivity index (χ3n) is 2.04. The van der Waals surface area contributed by atoms with Crippen LogP contribution in [0, 0.1) is 0 Å². The molecule has 84 valence electrons. The molecule has 0 aromatic heterocycles. The van der Waals surface area contributed by atoms with E-state index in [4.69, 9.17) is 0 Å². The summed E-state index contributed by atoms with van der Waals surface area (Å²) in [5.74, 6) is 0. The standard InChI is InChI=1S/C11H10BrFN2S/c12-10-3-1-9(2-4-10)11-14-15(6-5-13)7-8-16-11/h1-4,7-8H,5-6H2. The monoisotopic (exact) mass is 300 g/mol. The van der Waals surface area contributed by atoms with Crippen molar-refractivity contribution in [1.82, 2.24) is 5.01 Å². The second-order valence-electron chi connectivity index (χ2n) is 3.17. The van der Waals surface area contributed by atoms with Crippen LogP contribution >= 0.6 is 27.7 Å². The number of hydrazone groups is 1. The molecule has 0 radical (unpaired) electrons. The summed E-state index contributed by atoms with van der Waals surface area (Å²) in [4.78, 5) is 0. The highest BCUT2D eigenvalue weighted by atomic mass is 79.9. The maximum atomic E-state index is 12.2. The van der Waals surface area contributed by atoms with Gasteiger partial charge in [-0.2, -0.15) is 5.10 Å². The number of rotatable bonds is 3. The van der Waals surface area contributed by atoms with Crippen molar-refractivity contribution >= 4 is 32.7 Å². The molecule has 0 fully saturated rings. The number of benzene rings is 1. The van der Waals surface area contributed by atoms with Gasteiger partial charge in [0.1, 0.15) is 11.7 Å². The van der Waals surface area contributed by atoms with Crippen molar-refractivity contribution in [3.63, 3.8) is 0 Å². The summed E-state index contributed by atoms with van der Waals surface area (Å²) in [5, 5.41) is 8.77. The predicted molar refractivity (Wildman–Crippen MR) is 70.1 cm³/mol. The SMILES string of the molecule is FCCN1C=CSC(c2ccc(Br)cc2)=N1. The first-order chi connectivity index (χ1) is 7.79. The molecule has 0 saturated heterocycles. The van der Waals surface area contributed by atoms with Gasteiger partial charge in [0, 0.05) is 16.2 Å². The summed E-state index contributed by atoms with van der Waals surface area (Å²) in [6.45, 7) is -0.0940. The maximum Gasteiger partial charge on any atom is 0.128 e. The average molecular weight is 301 g/mol. The van der Waals surface area contributed by atoms with E-state index in [0.29, 0.717) is 6.54 Å². The third-order valence-corrected chi connectivity index (χ3v) is 3.36. The molecule has 0 unspecified atom stereocenters. The van der Waals surface area contributed by atoms with Gasteiger partial charge in [0.15, 0.2) is 0 Å². The van der Waals surface area contributed by atoms with E-state index < -0.39 is 6.67 Å². The van der Waals surface area contributed by atoms with Gasteiger partial charge in [-0.3, -0.25) is 5.01 Å². The van der Waals surface area contributed by atoms with Crippen LogP contribution in [0.2, 0.25) is 0 Å². The Balaban J connectivity index is 2.18. The van der Waals surface area contributed by atoms with Gasteiger partial charge in [-0.05, 0) is 17.5 Å². The topological polar surface area (TPSA) is 15.6 Å². The summed E-state index contributed by atoms with van der Waals surface area (Å²) in [7, 11) is 0. The fraction of sp³-hybridized carbons (Fsp3) is 0.182. The second-order valence-corrected chi connectivity index (χ2v) is 4.98. The first-order valence-corrected chi connectivity index (χ1v) is 6.47. The van der Waals surface area contributed by atoms with Crippen LogP contribution < -0.4 is 0 Å². The molecule has 0 atom stereocenters. The molecule has 1 aliphatic rings. The number of hydrogen-bond acceptors (Lipinski definition) is 3. The Hall–Kier alpha value is -0.810. The Bertz CT molecular complexity index is 416. The number of nitrogens with zero attached hydrogens (tertiary/aromatic N) is 2. The van der Waals surface area contributed by atoms with E-state index in [2.05, 4.69) is 21.0 Å². The maximum absolute atomic E-state index is 12.2. The smallest absolute Gasteiger partial charge is 0.128 e. The van der Waals surface area contributed by atoms with Crippen LogP contribution in [0.4, 0.5) is 4.39 Å². The summed E-state index contributed by atoms with van der Waals surface area (Å²) in [6.07, 6.45) is 1.78. The van der Waals surface area contributed by atoms with Gasteiger partial charge in [0.05, 0.1) is 6.54 Å². The van der Waals surface area contributed by atoms with E-state index in [1.807, 2.05) is 29.7 Å². The number of halogens is 2. The molecular formula is C11H10BrFN2S. The van der Waals surface area contributed by atoms with Crippen molar-refractivity contribution < 1.29 is 4.39 Å². The molecule has 2 nitrogen and oxygen atoms in total. The van der Waals surface area contributed by atoms with E-state index in [0.717, 1.165) is 15.1 Å². The van der Waals surface area contributed by atoms with Gasteiger partial charge >= 0.3 is 0 Å². The van der Waals surface area contributed by atoms with Crippen LogP contribution in [-0.2, 0) is 0 Å². The van der Waals surface area contributed by atoms with Crippen LogP contribution in [0.15, 0.2) is 45.4 Å². The molecule has 2 rings (SSSR count). The summed E-state index contributed by atoms with van der Waals surface area (Å²) < 4.78 is 13.2. The Kier molecular flexibility index (Phi) is 4.01. The number of thioether (sulfide) groups is 1. The Morgan fingerprint density at radius 3 is 2.75 bits per heavy atom. The quantitative estimate of drug-likeness (QED) is 0.847. The van der Waals surface area contributed by atoms with Crippen molar-refractivity contribution in [1.29, 1.82) is 0 Å². The molecule has 1 aromatic carbocycles. The lowest BCUT2D eigenvalue weighted by Crippen LogP contribution is -2.17. The minimum atomic E-state index is -0.397. The van der Waals surface area contributed by atoms with Crippen LogP contribution in [-0.4, -0.2) is 23.3 Å². The first kappa shape index (κ1) is 11.7. The molecule has 5 heteroatoms. The fourth-order valence-corrected chi connectivity index (χ4v) is 2.29. The zero-order valence-electron chi connectivity index (χ0n) is 8.44. The molecule has 1 heterocycles. The van der Waals surface area contributed by atoms with Gasteiger partial charge < -0.3 is 0 Å². The van der Waals surface area contributed by atoms with E-state index >= 15 is 0 Å². The Labute approximate surface area is 106 Å². The molecule has 0 spiro atoms. The zero-order chi connectivity index (χ0) is 11.4. The van der Waals surface area contributed by atoms with Crippen molar-refractivity contribution in [3.05, 3.63) is 45.9 Å². The molecule has 0 N–H and O–H groups in total. The zero-order valence-corrected chi connectivity index (χ0v) is 10.8. The lowest BCUT2D eigenvalue weighted by Gasteiger charge is -2.18. The largest absolute Gasteiger partial charge is 0.269 e. The number of hydrogen-bond donors (Lipinski definition) is 0. The minimum absolute atomic E-state index is 0.303. The number of alkyl halides is 1. The van der Waals surface area contributed by atoms with Gasteiger partial charge in [-0.1, -0.05) is 39.8 Å². The van der Waals surface area contributed by atoms with Crippen molar-refractivity contribution in [2.75, 3.05) is 13.2 Å². The molecule has 1 aliphatic heterocycles. The lowest BCUT2D eigenvalue weighted by atomic mass is 10.2. The third kappa shape index (κ3) is 2.86. The van der Waals surface area contributed by atoms with Crippen LogP contribution in [0.5, 0.6) is 0 Å². The van der Waals surface area contributed by atoms with E-state index in [1.54, 1.807) is 23.0 Å². The van der Waals surface area contributed by atoms with Gasteiger partial charge in [0.2, 0.25) is 0 Å². The molecular weight excluding hydrogens is 291 g/mol. The molecule has 16 heavy (non-hydrogen) atoms. The molecule has 1 aromatic rings. The average Bonchev–Trinajstić information content (AvgIpc) is 2.31. The van der Waals surface area contributed by atoms with Crippen LogP contribution in [0.25, 0.3) is 0 Å². The summed E-state index contributed by atoms with van der Waals surface area (Å²) >= 11 is 4.93. The highest BCUT2D eigenvalue weighted by Crippen LogP contribution is 2.21. The minimum Gasteiger partial charge on any atom is -0.269 e. The predicted octanol–water partition coefficient (Wildman–Crippen LogP) is 3.60. The highest BCUT2D eigenvalue weighted by Gasteiger charge is 2.09. The summed E-state index contributed by atoms with van der Waals surface area (Å²) in [5.41, 5.74) is 1.04. The molecule has 0 saturated carbocycles. The molecule has 0 aliphatic carbocycles. The van der Waals surface area contributed by atoms with E-state index in [1.165, 1.54) is 0 Å². The van der Waals surface area contributed by atoms with Crippen LogP contribution in [0.3, 0.4) is 0 Å². The second kappa shape index (κ2) is 5.50. The van der Waals surface area contributed by atoms with Crippen molar-refractivity contribution in [3.8, 4) is 0 Å². The normalized spacial score (nSPS) is 15.1. The first-order valence-electron chi connectivity index (χ1n) is 4.80. The lowest BCUT2D eigenvalue weighted by molar-refractivity contribution is 0.339. The van der Waals surface area contributed by atoms with Crippen molar-refractivity contribution in [2.24, 2.45) is 5.10 Å². The molecule has 0 amide bonds. The Morgan fingerprint density at radius 1 is 1.31 bits per heavy atom. The van der Waals surface area contributed by atoms with E-state index in [-0.39, 0.29) is 0 Å². The highest BCUT2D eigenvalue weighted by molar-refractivity contribution is 9.10. The van der Waals surface area contributed by atoms with Crippen LogP contribution in [0.1, 0.15) is 5.56 Å². The molecule has 0 bridgehead atoms. The fourth-order valence-electron chi connectivity index (χ4n) is 1.27.